The summed E-state index contributed by atoms with van der Waals surface area (Å²) in [4.78, 5) is 23.7. The average molecular weight is 274 g/mol. The second-order valence-electron chi connectivity index (χ2n) is 5.82. The van der Waals surface area contributed by atoms with Gasteiger partial charge in [0.25, 0.3) is 0 Å². The maximum absolute atomic E-state index is 12.0. The molecule has 0 saturated heterocycles. The van der Waals surface area contributed by atoms with Crippen LogP contribution < -0.4 is 10.6 Å². The summed E-state index contributed by atoms with van der Waals surface area (Å²) in [5.74, 6) is -0.320. The fourth-order valence-electron chi connectivity index (χ4n) is 2.31. The molecule has 0 spiro atoms. The molecule has 1 saturated carbocycles. The van der Waals surface area contributed by atoms with Crippen LogP contribution in [0.15, 0.2) is 24.3 Å². The Kier molecular flexibility index (Phi) is 4.42. The molecule has 0 aromatic heterocycles. The van der Waals surface area contributed by atoms with Gasteiger partial charge in [0, 0.05) is 12.6 Å². The highest BCUT2D eigenvalue weighted by molar-refractivity contribution is 5.92. The van der Waals surface area contributed by atoms with Crippen LogP contribution in [0.3, 0.4) is 0 Å². The Bertz CT molecular complexity index is 511. The monoisotopic (exact) mass is 274 g/mol. The molecule has 0 bridgehead atoms. The van der Waals surface area contributed by atoms with Crippen molar-refractivity contribution in [1.82, 2.24) is 10.6 Å². The van der Waals surface area contributed by atoms with Crippen LogP contribution >= 0.6 is 0 Å². The number of carbonyl (C=O) groups excluding carboxylic acids is 2. The van der Waals surface area contributed by atoms with Crippen LogP contribution in [0.2, 0.25) is 0 Å². The first-order chi connectivity index (χ1) is 9.47. The highest BCUT2D eigenvalue weighted by Gasteiger charge is 2.47. The first-order valence-corrected chi connectivity index (χ1v) is 7.11. The highest BCUT2D eigenvalue weighted by Crippen LogP contribution is 2.38. The molecule has 2 unspecified atom stereocenters. The Hall–Kier alpha value is -1.84. The van der Waals surface area contributed by atoms with Crippen molar-refractivity contribution in [2.75, 3.05) is 0 Å². The Balaban J connectivity index is 1.78. The number of nitrogens with one attached hydrogen (secondary N) is 2. The number of hydrogen-bond acceptors (Lipinski definition) is 2. The zero-order valence-corrected chi connectivity index (χ0v) is 12.3. The van der Waals surface area contributed by atoms with E-state index >= 15 is 0 Å². The van der Waals surface area contributed by atoms with Crippen molar-refractivity contribution in [3.05, 3.63) is 35.4 Å². The molecule has 20 heavy (non-hydrogen) atoms. The van der Waals surface area contributed by atoms with Gasteiger partial charge in [-0.15, -0.1) is 0 Å². The number of aryl methyl sites for hydroxylation is 1. The molecule has 2 atom stereocenters. The molecule has 0 aliphatic heterocycles. The largest absolute Gasteiger partial charge is 0.354 e. The van der Waals surface area contributed by atoms with Gasteiger partial charge in [-0.3, -0.25) is 9.59 Å². The van der Waals surface area contributed by atoms with Gasteiger partial charge < -0.3 is 10.6 Å². The molecule has 1 aromatic rings. The van der Waals surface area contributed by atoms with Gasteiger partial charge >= 0.3 is 0 Å². The maximum atomic E-state index is 12.0. The van der Waals surface area contributed by atoms with E-state index in [0.29, 0.717) is 13.0 Å². The predicted molar refractivity (Wildman–Crippen MR) is 77.9 cm³/mol. The summed E-state index contributed by atoms with van der Waals surface area (Å²) in [6.45, 7) is 6.40. The second-order valence-corrected chi connectivity index (χ2v) is 5.82. The number of hydrogen-bond donors (Lipinski definition) is 2. The maximum Gasteiger partial charge on any atom is 0.224 e. The highest BCUT2D eigenvalue weighted by atomic mass is 16.2. The van der Waals surface area contributed by atoms with Crippen molar-refractivity contribution in [2.24, 2.45) is 11.8 Å². The Morgan fingerprint density at radius 2 is 1.95 bits per heavy atom. The van der Waals surface area contributed by atoms with Crippen LogP contribution in [0.5, 0.6) is 0 Å². The fraction of sp³-hybridized carbons (Fsp3) is 0.500. The third-order valence-electron chi connectivity index (χ3n) is 3.44. The molecule has 1 fully saturated rings. The lowest BCUT2D eigenvalue weighted by Crippen LogP contribution is -2.33. The van der Waals surface area contributed by atoms with E-state index in [0.717, 1.165) is 5.56 Å². The first-order valence-electron chi connectivity index (χ1n) is 7.11. The minimum atomic E-state index is -0.154. The molecule has 1 aliphatic carbocycles. The fourth-order valence-corrected chi connectivity index (χ4v) is 2.31. The summed E-state index contributed by atoms with van der Waals surface area (Å²) in [5.41, 5.74) is 2.26. The van der Waals surface area contributed by atoms with E-state index in [1.807, 2.05) is 39.0 Å². The van der Waals surface area contributed by atoms with Gasteiger partial charge in [-0.2, -0.15) is 0 Å². The third kappa shape index (κ3) is 3.83. The molecular weight excluding hydrogens is 252 g/mol. The van der Waals surface area contributed by atoms with Gasteiger partial charge in [-0.25, -0.2) is 0 Å². The van der Waals surface area contributed by atoms with Gasteiger partial charge in [0.05, 0.1) is 11.8 Å². The summed E-state index contributed by atoms with van der Waals surface area (Å²) < 4.78 is 0. The van der Waals surface area contributed by atoms with Crippen molar-refractivity contribution in [3.8, 4) is 0 Å². The van der Waals surface area contributed by atoms with E-state index in [2.05, 4.69) is 16.7 Å². The number of amides is 2. The molecule has 1 aliphatic rings. The lowest BCUT2D eigenvalue weighted by atomic mass is 10.1. The van der Waals surface area contributed by atoms with E-state index in [9.17, 15) is 9.59 Å². The molecule has 2 amide bonds. The minimum Gasteiger partial charge on any atom is -0.354 e. The first kappa shape index (κ1) is 14.6. The van der Waals surface area contributed by atoms with E-state index in [-0.39, 0.29) is 29.7 Å². The van der Waals surface area contributed by atoms with Crippen LogP contribution in [0, 0.1) is 18.8 Å². The second kappa shape index (κ2) is 6.07. The SMILES string of the molecule is Cc1cccc(CNC(=O)C2CC2C(=O)NC(C)C)c1. The lowest BCUT2D eigenvalue weighted by Gasteiger charge is -2.08. The van der Waals surface area contributed by atoms with Gasteiger partial charge in [-0.05, 0) is 32.8 Å². The number of carbonyl (C=O) groups is 2. The molecule has 108 valence electrons. The van der Waals surface area contributed by atoms with Crippen molar-refractivity contribution in [2.45, 2.75) is 39.8 Å². The van der Waals surface area contributed by atoms with Crippen LogP contribution in [0.4, 0.5) is 0 Å². The van der Waals surface area contributed by atoms with Gasteiger partial charge in [-0.1, -0.05) is 29.8 Å². The Morgan fingerprint density at radius 1 is 1.25 bits per heavy atom. The normalized spacial score (nSPS) is 20.6. The van der Waals surface area contributed by atoms with Crippen molar-refractivity contribution >= 4 is 11.8 Å². The molecule has 4 nitrogen and oxygen atoms in total. The zero-order chi connectivity index (χ0) is 14.7. The molecular formula is C16H22N2O2. The lowest BCUT2D eigenvalue weighted by molar-refractivity contribution is -0.127. The summed E-state index contributed by atoms with van der Waals surface area (Å²) in [6, 6.07) is 8.17. The Labute approximate surface area is 119 Å². The summed E-state index contributed by atoms with van der Waals surface area (Å²) in [5, 5.41) is 5.76. The van der Waals surface area contributed by atoms with E-state index in [1.54, 1.807) is 0 Å². The smallest absolute Gasteiger partial charge is 0.224 e. The quantitative estimate of drug-likeness (QED) is 0.859. The van der Waals surface area contributed by atoms with Gasteiger partial charge in [0.15, 0.2) is 0 Å². The molecule has 0 heterocycles. The molecule has 4 heteroatoms. The van der Waals surface area contributed by atoms with Crippen LogP contribution in [0.1, 0.15) is 31.4 Å². The average Bonchev–Trinajstić information content (AvgIpc) is 3.15. The minimum absolute atomic E-state index is 0.00398. The van der Waals surface area contributed by atoms with Crippen molar-refractivity contribution < 1.29 is 9.59 Å². The van der Waals surface area contributed by atoms with Crippen molar-refractivity contribution in [3.63, 3.8) is 0 Å². The number of rotatable bonds is 5. The van der Waals surface area contributed by atoms with E-state index < -0.39 is 0 Å². The van der Waals surface area contributed by atoms with Crippen LogP contribution in [-0.4, -0.2) is 17.9 Å². The van der Waals surface area contributed by atoms with E-state index in [1.165, 1.54) is 5.56 Å². The topological polar surface area (TPSA) is 58.2 Å². The summed E-state index contributed by atoms with van der Waals surface area (Å²) in [7, 11) is 0. The van der Waals surface area contributed by atoms with E-state index in [4.69, 9.17) is 0 Å². The standard InChI is InChI=1S/C16H22N2O2/c1-10(2)18-16(20)14-8-13(14)15(19)17-9-12-6-4-5-11(3)7-12/h4-7,10,13-14H,8-9H2,1-3H3,(H,17,19)(H,18,20). The van der Waals surface area contributed by atoms with Crippen molar-refractivity contribution in [1.29, 1.82) is 0 Å². The zero-order valence-electron chi connectivity index (χ0n) is 12.3. The Morgan fingerprint density at radius 3 is 2.60 bits per heavy atom. The summed E-state index contributed by atoms with van der Waals surface area (Å²) >= 11 is 0. The molecule has 2 N–H and O–H groups in total. The van der Waals surface area contributed by atoms with Crippen LogP contribution in [0.25, 0.3) is 0 Å². The summed E-state index contributed by atoms with van der Waals surface area (Å²) in [6.07, 6.45) is 0.665. The molecule has 1 aromatic carbocycles. The molecule has 2 rings (SSSR count). The molecule has 0 radical (unpaired) electrons. The predicted octanol–water partition coefficient (Wildman–Crippen LogP) is 1.77. The number of benzene rings is 1. The van der Waals surface area contributed by atoms with Gasteiger partial charge in [0.2, 0.25) is 11.8 Å². The van der Waals surface area contributed by atoms with Gasteiger partial charge in [0.1, 0.15) is 0 Å². The third-order valence-corrected chi connectivity index (χ3v) is 3.44. The van der Waals surface area contributed by atoms with Crippen LogP contribution in [-0.2, 0) is 16.1 Å².